The van der Waals surface area contributed by atoms with E-state index in [4.69, 9.17) is 9.26 Å². The van der Waals surface area contributed by atoms with Crippen molar-refractivity contribution in [2.24, 2.45) is 0 Å². The smallest absolute Gasteiger partial charge is 0.261 e. The number of fused-ring (bicyclic) bond motifs is 3. The number of ether oxygens (including phenoxy) is 1. The molecule has 0 amide bonds. The predicted octanol–water partition coefficient (Wildman–Crippen LogP) is 3.24. The van der Waals surface area contributed by atoms with Gasteiger partial charge in [-0.25, -0.2) is 8.42 Å². The molecule has 3 aromatic rings. The molecule has 4 rings (SSSR count). The van der Waals surface area contributed by atoms with Crippen molar-refractivity contribution >= 4 is 21.5 Å². The van der Waals surface area contributed by atoms with Crippen molar-refractivity contribution in [2.45, 2.75) is 18.4 Å². The summed E-state index contributed by atoms with van der Waals surface area (Å²) in [6, 6.07) is 10.8. The highest BCUT2D eigenvalue weighted by Gasteiger charge is 2.24. The Kier molecular flexibility index (Phi) is 3.77. The number of hydrogen-bond acceptors (Lipinski definition) is 6. The highest BCUT2D eigenvalue weighted by Crippen LogP contribution is 2.38. The molecule has 0 atom stereocenters. The zero-order valence-corrected chi connectivity index (χ0v) is 14.5. The standard InChI is InChI=1S/C18H14N2O5S/c1-11(21)12-3-2-4-14(7-12)20-26(22,23)15-5-6-17-16(8-15)18-13(10-24-17)9-19-25-18/h2-9,20H,10H2,1H3. The van der Waals surface area contributed by atoms with Gasteiger partial charge in [-0.2, -0.15) is 0 Å². The Morgan fingerprint density at radius 1 is 1.19 bits per heavy atom. The molecule has 1 N–H and O–H groups in total. The quantitative estimate of drug-likeness (QED) is 0.708. The van der Waals surface area contributed by atoms with Gasteiger partial charge in [0.2, 0.25) is 0 Å². The van der Waals surface area contributed by atoms with Crippen molar-refractivity contribution in [2.75, 3.05) is 4.72 Å². The molecule has 7 nitrogen and oxygen atoms in total. The Hall–Kier alpha value is -3.13. The molecule has 2 aromatic carbocycles. The van der Waals surface area contributed by atoms with Crippen LogP contribution in [-0.4, -0.2) is 19.4 Å². The Morgan fingerprint density at radius 2 is 2.04 bits per heavy atom. The summed E-state index contributed by atoms with van der Waals surface area (Å²) in [5.41, 5.74) is 2.03. The van der Waals surface area contributed by atoms with Gasteiger partial charge in [0.25, 0.3) is 10.0 Å². The maximum absolute atomic E-state index is 12.7. The highest BCUT2D eigenvalue weighted by atomic mass is 32.2. The molecular weight excluding hydrogens is 356 g/mol. The molecular formula is C18H14N2O5S. The van der Waals surface area contributed by atoms with Gasteiger partial charge < -0.3 is 9.26 Å². The summed E-state index contributed by atoms with van der Waals surface area (Å²) in [6.45, 7) is 1.75. The number of Topliss-reactive ketones (excluding diaryl/α,β-unsaturated/α-hetero) is 1. The molecule has 8 heteroatoms. The van der Waals surface area contributed by atoms with E-state index >= 15 is 0 Å². The minimum Gasteiger partial charge on any atom is -0.488 e. The largest absolute Gasteiger partial charge is 0.488 e. The Bertz CT molecular complexity index is 1120. The van der Waals surface area contributed by atoms with Crippen LogP contribution in [0.15, 0.2) is 58.1 Å². The van der Waals surface area contributed by atoms with Crippen LogP contribution in [0.2, 0.25) is 0 Å². The molecule has 0 saturated heterocycles. The van der Waals surface area contributed by atoms with Crippen molar-refractivity contribution < 1.29 is 22.5 Å². The number of anilines is 1. The predicted molar refractivity (Wildman–Crippen MR) is 93.5 cm³/mol. The molecule has 0 unspecified atom stereocenters. The molecule has 2 heterocycles. The lowest BCUT2D eigenvalue weighted by Gasteiger charge is -2.17. The number of aromatic nitrogens is 1. The van der Waals surface area contributed by atoms with E-state index in [0.29, 0.717) is 34.9 Å². The summed E-state index contributed by atoms with van der Waals surface area (Å²) in [4.78, 5) is 11.5. The van der Waals surface area contributed by atoms with E-state index in [1.54, 1.807) is 30.5 Å². The number of nitrogens with zero attached hydrogens (tertiary/aromatic N) is 1. The normalized spacial score (nSPS) is 12.7. The summed E-state index contributed by atoms with van der Waals surface area (Å²) in [7, 11) is -3.85. The summed E-state index contributed by atoms with van der Waals surface area (Å²) in [5.74, 6) is 0.892. The van der Waals surface area contributed by atoms with Crippen LogP contribution >= 0.6 is 0 Å². The monoisotopic (exact) mass is 370 g/mol. The van der Waals surface area contributed by atoms with E-state index in [2.05, 4.69) is 9.88 Å². The molecule has 132 valence electrons. The van der Waals surface area contributed by atoms with Gasteiger partial charge in [0, 0.05) is 11.3 Å². The fraction of sp³-hybridized carbons (Fsp3) is 0.111. The third kappa shape index (κ3) is 2.84. The van der Waals surface area contributed by atoms with Gasteiger partial charge in [-0.05, 0) is 37.3 Å². The molecule has 26 heavy (non-hydrogen) atoms. The first kappa shape index (κ1) is 16.3. The van der Waals surface area contributed by atoms with Crippen LogP contribution in [0.5, 0.6) is 5.75 Å². The topological polar surface area (TPSA) is 98.5 Å². The molecule has 0 bridgehead atoms. The Morgan fingerprint density at radius 3 is 2.85 bits per heavy atom. The SMILES string of the molecule is CC(=O)c1cccc(NS(=O)(=O)c2ccc3c(c2)-c2oncc2CO3)c1. The maximum Gasteiger partial charge on any atom is 0.261 e. The fourth-order valence-electron chi connectivity index (χ4n) is 2.74. The Labute approximate surface area is 149 Å². The van der Waals surface area contributed by atoms with Crippen LogP contribution in [0.25, 0.3) is 11.3 Å². The number of hydrogen-bond donors (Lipinski definition) is 1. The minimum atomic E-state index is -3.85. The van der Waals surface area contributed by atoms with E-state index in [1.807, 2.05) is 0 Å². The molecule has 1 aliphatic heterocycles. The lowest BCUT2D eigenvalue weighted by atomic mass is 10.1. The number of benzene rings is 2. The first-order chi connectivity index (χ1) is 12.4. The van der Waals surface area contributed by atoms with E-state index in [0.717, 1.165) is 5.56 Å². The number of carbonyl (C=O) groups is 1. The second-order valence-electron chi connectivity index (χ2n) is 5.87. The van der Waals surface area contributed by atoms with Crippen LogP contribution < -0.4 is 9.46 Å². The average Bonchev–Trinajstić information content (AvgIpc) is 3.10. The van der Waals surface area contributed by atoms with Crippen molar-refractivity contribution in [3.63, 3.8) is 0 Å². The van der Waals surface area contributed by atoms with Gasteiger partial charge in [0.1, 0.15) is 12.4 Å². The molecule has 0 radical (unpaired) electrons. The van der Waals surface area contributed by atoms with E-state index < -0.39 is 10.0 Å². The van der Waals surface area contributed by atoms with Gasteiger partial charge in [-0.3, -0.25) is 9.52 Å². The van der Waals surface area contributed by atoms with Gasteiger partial charge in [-0.15, -0.1) is 0 Å². The van der Waals surface area contributed by atoms with Crippen molar-refractivity contribution in [1.82, 2.24) is 5.16 Å². The lowest BCUT2D eigenvalue weighted by molar-refractivity contribution is 0.101. The Balaban J connectivity index is 1.70. The molecule has 0 spiro atoms. The number of nitrogens with one attached hydrogen (secondary N) is 1. The fourth-order valence-corrected chi connectivity index (χ4v) is 3.81. The number of carbonyl (C=O) groups excluding carboxylic acids is 1. The molecule has 0 aliphatic carbocycles. The van der Waals surface area contributed by atoms with Gasteiger partial charge in [-0.1, -0.05) is 17.3 Å². The van der Waals surface area contributed by atoms with Gasteiger partial charge >= 0.3 is 0 Å². The molecule has 1 aromatic heterocycles. The van der Waals surface area contributed by atoms with Gasteiger partial charge in [0.05, 0.1) is 22.2 Å². The zero-order chi connectivity index (χ0) is 18.3. The minimum absolute atomic E-state index is 0.0531. The van der Waals surface area contributed by atoms with Crippen molar-refractivity contribution in [3.05, 3.63) is 59.8 Å². The van der Waals surface area contributed by atoms with Gasteiger partial charge in [0.15, 0.2) is 11.5 Å². The van der Waals surface area contributed by atoms with Crippen molar-refractivity contribution in [1.29, 1.82) is 0 Å². The highest BCUT2D eigenvalue weighted by molar-refractivity contribution is 7.92. The van der Waals surface area contributed by atoms with Crippen LogP contribution in [-0.2, 0) is 16.6 Å². The maximum atomic E-state index is 12.7. The summed E-state index contributed by atoms with van der Waals surface area (Å²) in [5, 5.41) is 3.74. The summed E-state index contributed by atoms with van der Waals surface area (Å²) < 4.78 is 38.8. The number of rotatable bonds is 4. The molecule has 0 saturated carbocycles. The van der Waals surface area contributed by atoms with Crippen LogP contribution in [0, 0.1) is 0 Å². The average molecular weight is 370 g/mol. The molecule has 1 aliphatic rings. The van der Waals surface area contributed by atoms with E-state index in [1.165, 1.54) is 25.1 Å². The zero-order valence-electron chi connectivity index (χ0n) is 13.7. The first-order valence-corrected chi connectivity index (χ1v) is 9.27. The third-order valence-electron chi connectivity index (χ3n) is 4.05. The molecule has 0 fully saturated rings. The van der Waals surface area contributed by atoms with Crippen LogP contribution in [0.1, 0.15) is 22.8 Å². The van der Waals surface area contributed by atoms with Crippen LogP contribution in [0.3, 0.4) is 0 Å². The van der Waals surface area contributed by atoms with Crippen LogP contribution in [0.4, 0.5) is 5.69 Å². The second-order valence-corrected chi connectivity index (χ2v) is 7.55. The lowest BCUT2D eigenvalue weighted by Crippen LogP contribution is -2.14. The van der Waals surface area contributed by atoms with E-state index in [9.17, 15) is 13.2 Å². The number of ketones is 1. The summed E-state index contributed by atoms with van der Waals surface area (Å²) in [6.07, 6.45) is 1.55. The first-order valence-electron chi connectivity index (χ1n) is 7.79. The number of sulfonamides is 1. The third-order valence-corrected chi connectivity index (χ3v) is 5.43. The van der Waals surface area contributed by atoms with E-state index in [-0.39, 0.29) is 10.7 Å². The van der Waals surface area contributed by atoms with Crippen molar-refractivity contribution in [3.8, 4) is 17.1 Å². The second kappa shape index (κ2) is 5.99. The summed E-state index contributed by atoms with van der Waals surface area (Å²) >= 11 is 0.